The van der Waals surface area contributed by atoms with Crippen LogP contribution < -0.4 is 16.0 Å². The van der Waals surface area contributed by atoms with Crippen molar-refractivity contribution in [2.24, 2.45) is 0 Å². The number of carbonyl (C=O) groups excluding carboxylic acids is 1. The molecule has 10 nitrogen and oxygen atoms in total. The molecule has 0 aliphatic carbocycles. The fourth-order valence-electron chi connectivity index (χ4n) is 3.52. The number of nitrogen functional groups attached to an aromatic ring is 1. The van der Waals surface area contributed by atoms with Crippen molar-refractivity contribution in [1.82, 2.24) is 14.7 Å². The minimum atomic E-state index is -3.63. The zero-order valence-electron chi connectivity index (χ0n) is 16.8. The molecule has 12 heteroatoms. The summed E-state index contributed by atoms with van der Waals surface area (Å²) in [4.78, 5) is 27.8. The summed E-state index contributed by atoms with van der Waals surface area (Å²) >= 11 is 1.15. The second-order valence-electron chi connectivity index (χ2n) is 7.11. The van der Waals surface area contributed by atoms with E-state index in [1.165, 1.54) is 12.0 Å². The van der Waals surface area contributed by atoms with E-state index in [1.54, 1.807) is 29.6 Å². The van der Waals surface area contributed by atoms with Gasteiger partial charge in [-0.3, -0.25) is 13.8 Å². The quantitative estimate of drug-likeness (QED) is 0.557. The normalized spacial score (nSPS) is 16.7. The number of hydrogen-bond donors (Lipinski definition) is 1. The molecular formula is C19H20N4O6S2. The Labute approximate surface area is 181 Å². The predicted octanol–water partition coefficient (Wildman–Crippen LogP) is 1.23. The van der Waals surface area contributed by atoms with Gasteiger partial charge in [0.25, 0.3) is 21.6 Å². The topological polar surface area (TPSA) is 134 Å². The first-order valence-corrected chi connectivity index (χ1v) is 12.0. The van der Waals surface area contributed by atoms with Crippen molar-refractivity contribution in [2.75, 3.05) is 32.2 Å². The van der Waals surface area contributed by atoms with Crippen molar-refractivity contribution in [3.05, 3.63) is 45.7 Å². The van der Waals surface area contributed by atoms with Crippen molar-refractivity contribution in [1.29, 1.82) is 0 Å². The van der Waals surface area contributed by atoms with E-state index in [9.17, 15) is 18.0 Å². The first-order chi connectivity index (χ1) is 14.7. The number of benzene rings is 1. The standard InChI is InChI=1S/C19H20N4O6S2/c1-28-12-5-3-11(4-6-12)23-18(24)15-14(10-30-17(15)20)16(21-23)19(25)22-8-7-13(9-22)29-31(2,26)27/h3-6,10,13H,7-9,20H2,1-2H3. The monoisotopic (exact) mass is 464 g/mol. The lowest BCUT2D eigenvalue weighted by molar-refractivity contribution is 0.0768. The Hall–Kier alpha value is -2.96. The maximum Gasteiger partial charge on any atom is 0.282 e. The number of rotatable bonds is 5. The molecule has 0 bridgehead atoms. The smallest absolute Gasteiger partial charge is 0.282 e. The fraction of sp³-hybridized carbons (Fsp3) is 0.316. The van der Waals surface area contributed by atoms with Gasteiger partial charge in [0.1, 0.15) is 5.75 Å². The number of thiophene rings is 1. The first kappa shape index (κ1) is 21.3. The Morgan fingerprint density at radius 2 is 2.00 bits per heavy atom. The molecule has 0 radical (unpaired) electrons. The number of likely N-dealkylation sites (tertiary alicyclic amines) is 1. The van der Waals surface area contributed by atoms with Crippen LogP contribution in [0.15, 0.2) is 34.4 Å². The third-order valence-corrected chi connectivity index (χ3v) is 6.38. The third-order valence-electron chi connectivity index (χ3n) is 4.94. The largest absolute Gasteiger partial charge is 0.497 e. The molecule has 3 aromatic rings. The van der Waals surface area contributed by atoms with Crippen LogP contribution in [0.5, 0.6) is 5.75 Å². The SMILES string of the molecule is COc1ccc(-n2nc(C(=O)N3CCC(OS(C)(=O)=O)C3)c3csc(N)c3c2=O)cc1. The minimum absolute atomic E-state index is 0.0679. The molecule has 1 atom stereocenters. The van der Waals surface area contributed by atoms with Crippen molar-refractivity contribution in [2.45, 2.75) is 12.5 Å². The highest BCUT2D eigenvalue weighted by molar-refractivity contribution is 7.86. The van der Waals surface area contributed by atoms with Crippen LogP contribution in [-0.4, -0.2) is 61.6 Å². The highest BCUT2D eigenvalue weighted by atomic mass is 32.2. The summed E-state index contributed by atoms with van der Waals surface area (Å²) < 4.78 is 34.1. The third kappa shape index (κ3) is 4.13. The van der Waals surface area contributed by atoms with Gasteiger partial charge < -0.3 is 15.4 Å². The molecule has 0 saturated carbocycles. The van der Waals surface area contributed by atoms with E-state index in [1.807, 2.05) is 0 Å². The van der Waals surface area contributed by atoms with Crippen molar-refractivity contribution >= 4 is 43.1 Å². The van der Waals surface area contributed by atoms with Crippen LogP contribution in [-0.2, 0) is 14.3 Å². The van der Waals surface area contributed by atoms with Crippen LogP contribution >= 0.6 is 11.3 Å². The van der Waals surface area contributed by atoms with E-state index in [-0.39, 0.29) is 17.6 Å². The lowest BCUT2D eigenvalue weighted by Crippen LogP contribution is -2.33. The van der Waals surface area contributed by atoms with Crippen LogP contribution in [0.3, 0.4) is 0 Å². The second kappa shape index (κ2) is 7.94. The summed E-state index contributed by atoms with van der Waals surface area (Å²) in [5, 5.41) is 6.86. The number of fused-ring (bicyclic) bond motifs is 1. The summed E-state index contributed by atoms with van der Waals surface area (Å²) in [6, 6.07) is 6.67. The molecule has 1 fully saturated rings. The average molecular weight is 465 g/mol. The van der Waals surface area contributed by atoms with E-state index in [0.717, 1.165) is 22.3 Å². The number of aromatic nitrogens is 2. The maximum atomic E-state index is 13.3. The lowest BCUT2D eigenvalue weighted by atomic mass is 10.2. The average Bonchev–Trinajstić information content (AvgIpc) is 3.34. The summed E-state index contributed by atoms with van der Waals surface area (Å²) in [5.41, 5.74) is 6.11. The minimum Gasteiger partial charge on any atom is -0.497 e. The van der Waals surface area contributed by atoms with Gasteiger partial charge in [-0.05, 0) is 30.7 Å². The van der Waals surface area contributed by atoms with Crippen LogP contribution in [0.2, 0.25) is 0 Å². The number of carbonyl (C=O) groups is 1. The maximum absolute atomic E-state index is 13.3. The highest BCUT2D eigenvalue weighted by Gasteiger charge is 2.32. The molecule has 31 heavy (non-hydrogen) atoms. The molecule has 1 aliphatic heterocycles. The lowest BCUT2D eigenvalue weighted by Gasteiger charge is -2.17. The zero-order valence-corrected chi connectivity index (χ0v) is 18.4. The van der Waals surface area contributed by atoms with Gasteiger partial charge in [-0.1, -0.05) is 0 Å². The zero-order chi connectivity index (χ0) is 22.3. The molecular weight excluding hydrogens is 444 g/mol. The molecule has 2 N–H and O–H groups in total. The predicted molar refractivity (Wildman–Crippen MR) is 116 cm³/mol. The number of nitrogens with two attached hydrogens (primary N) is 1. The summed E-state index contributed by atoms with van der Waals surface area (Å²) in [7, 11) is -2.10. The Bertz CT molecular complexity index is 1310. The van der Waals surface area contributed by atoms with E-state index in [2.05, 4.69) is 5.10 Å². The Balaban J connectivity index is 1.76. The van der Waals surface area contributed by atoms with E-state index < -0.39 is 27.7 Å². The summed E-state index contributed by atoms with van der Waals surface area (Å²) in [6.45, 7) is 0.417. The Morgan fingerprint density at radius 3 is 2.65 bits per heavy atom. The molecule has 1 saturated heterocycles. The Morgan fingerprint density at radius 1 is 1.29 bits per heavy atom. The van der Waals surface area contributed by atoms with Crippen LogP contribution in [0.25, 0.3) is 16.5 Å². The number of nitrogens with zero attached hydrogens (tertiary/aromatic N) is 3. The highest BCUT2D eigenvalue weighted by Crippen LogP contribution is 2.29. The molecule has 1 aromatic carbocycles. The molecule has 2 aromatic heterocycles. The van der Waals surface area contributed by atoms with E-state index >= 15 is 0 Å². The van der Waals surface area contributed by atoms with Gasteiger partial charge in [0.05, 0.1) is 35.5 Å². The van der Waals surface area contributed by atoms with Crippen molar-refractivity contribution in [3.63, 3.8) is 0 Å². The van der Waals surface area contributed by atoms with Gasteiger partial charge in [-0.2, -0.15) is 18.2 Å². The van der Waals surface area contributed by atoms with Crippen LogP contribution in [0.1, 0.15) is 16.9 Å². The van der Waals surface area contributed by atoms with Gasteiger partial charge >= 0.3 is 0 Å². The van der Waals surface area contributed by atoms with E-state index in [4.69, 9.17) is 14.7 Å². The van der Waals surface area contributed by atoms with Gasteiger partial charge in [-0.25, -0.2) is 0 Å². The molecule has 1 amide bonds. The van der Waals surface area contributed by atoms with Gasteiger partial charge in [0, 0.05) is 23.9 Å². The number of ether oxygens (including phenoxy) is 1. The van der Waals surface area contributed by atoms with Gasteiger partial charge in [0.15, 0.2) is 5.69 Å². The number of methoxy groups -OCH3 is 1. The number of anilines is 1. The summed E-state index contributed by atoms with van der Waals surface area (Å²) in [6.07, 6.45) is 0.738. The molecule has 0 spiro atoms. The van der Waals surface area contributed by atoms with Crippen LogP contribution in [0.4, 0.5) is 5.00 Å². The molecule has 1 aliphatic rings. The Kier molecular flexibility index (Phi) is 5.45. The fourth-order valence-corrected chi connectivity index (χ4v) is 4.96. The molecule has 4 rings (SSSR count). The van der Waals surface area contributed by atoms with Crippen molar-refractivity contribution < 1.29 is 22.1 Å². The van der Waals surface area contributed by atoms with Gasteiger partial charge in [0.2, 0.25) is 0 Å². The second-order valence-corrected chi connectivity index (χ2v) is 9.63. The summed E-state index contributed by atoms with van der Waals surface area (Å²) in [5.74, 6) is 0.183. The molecule has 3 heterocycles. The number of hydrogen-bond acceptors (Lipinski definition) is 9. The molecule has 1 unspecified atom stereocenters. The molecule has 164 valence electrons. The van der Waals surface area contributed by atoms with Crippen LogP contribution in [0, 0.1) is 0 Å². The first-order valence-electron chi connectivity index (χ1n) is 9.30. The van der Waals surface area contributed by atoms with E-state index in [0.29, 0.717) is 34.8 Å². The van der Waals surface area contributed by atoms with Gasteiger partial charge in [-0.15, -0.1) is 11.3 Å². The number of amides is 1. The van der Waals surface area contributed by atoms with Crippen molar-refractivity contribution in [3.8, 4) is 11.4 Å².